The van der Waals surface area contributed by atoms with Gasteiger partial charge in [0.15, 0.2) is 18.1 Å². The topological polar surface area (TPSA) is 79.7 Å². The lowest BCUT2D eigenvalue weighted by Gasteiger charge is -2.21. The average molecular weight is 280 g/mol. The molecule has 1 amide bonds. The summed E-state index contributed by atoms with van der Waals surface area (Å²) >= 11 is 0. The Morgan fingerprint density at radius 2 is 1.95 bits per heavy atom. The molecule has 0 unspecified atom stereocenters. The number of aromatic nitrogens is 1. The van der Waals surface area contributed by atoms with Crippen LogP contribution in [0.2, 0.25) is 0 Å². The van der Waals surface area contributed by atoms with Crippen LogP contribution in [0.1, 0.15) is 37.2 Å². The van der Waals surface area contributed by atoms with Crippen LogP contribution in [-0.4, -0.2) is 46.6 Å². The molecular weight excluding hydrogens is 260 g/mol. The van der Waals surface area contributed by atoms with Crippen LogP contribution in [0.25, 0.3) is 0 Å². The van der Waals surface area contributed by atoms with Gasteiger partial charge in [0.1, 0.15) is 0 Å². The SMILES string of the molecule is CCCN(CCC)C(=O)COc1cccnc1C(=O)O. The predicted molar refractivity (Wildman–Crippen MR) is 73.9 cm³/mol. The molecule has 1 aromatic heterocycles. The van der Waals surface area contributed by atoms with Crippen LogP contribution in [-0.2, 0) is 4.79 Å². The molecule has 1 N–H and O–H groups in total. The Morgan fingerprint density at radius 1 is 1.30 bits per heavy atom. The summed E-state index contributed by atoms with van der Waals surface area (Å²) in [6.45, 7) is 5.18. The Kier molecular flexibility index (Phi) is 6.49. The number of carboxylic acid groups (broad SMARTS) is 1. The Morgan fingerprint density at radius 3 is 2.50 bits per heavy atom. The van der Waals surface area contributed by atoms with Crippen molar-refractivity contribution in [2.24, 2.45) is 0 Å². The second-order valence-corrected chi connectivity index (χ2v) is 4.32. The first-order chi connectivity index (χ1) is 9.60. The summed E-state index contributed by atoms with van der Waals surface area (Å²) in [6.07, 6.45) is 3.12. The van der Waals surface area contributed by atoms with Crippen LogP contribution < -0.4 is 4.74 Å². The van der Waals surface area contributed by atoms with E-state index in [1.54, 1.807) is 11.0 Å². The second kappa shape index (κ2) is 8.14. The van der Waals surface area contributed by atoms with Crippen molar-refractivity contribution in [1.82, 2.24) is 9.88 Å². The molecule has 6 heteroatoms. The normalized spacial score (nSPS) is 10.1. The minimum Gasteiger partial charge on any atom is -0.481 e. The van der Waals surface area contributed by atoms with Gasteiger partial charge < -0.3 is 14.7 Å². The number of carboxylic acids is 1. The van der Waals surface area contributed by atoms with Crippen LogP contribution in [0, 0.1) is 0 Å². The maximum Gasteiger partial charge on any atom is 0.358 e. The Hall–Kier alpha value is -2.11. The van der Waals surface area contributed by atoms with Crippen molar-refractivity contribution >= 4 is 11.9 Å². The zero-order valence-corrected chi connectivity index (χ0v) is 11.8. The minimum atomic E-state index is -1.17. The molecule has 0 saturated heterocycles. The van der Waals surface area contributed by atoms with Gasteiger partial charge in [0, 0.05) is 19.3 Å². The average Bonchev–Trinajstić information content (AvgIpc) is 2.44. The number of rotatable bonds is 8. The van der Waals surface area contributed by atoms with E-state index in [2.05, 4.69) is 4.98 Å². The highest BCUT2D eigenvalue weighted by atomic mass is 16.5. The Bertz CT molecular complexity index is 456. The van der Waals surface area contributed by atoms with E-state index in [1.165, 1.54) is 12.3 Å². The summed E-state index contributed by atoms with van der Waals surface area (Å²) in [7, 11) is 0. The third-order valence-electron chi connectivity index (χ3n) is 2.66. The zero-order chi connectivity index (χ0) is 15.0. The van der Waals surface area contributed by atoms with Gasteiger partial charge in [0.05, 0.1) is 0 Å². The number of hydrogen-bond donors (Lipinski definition) is 1. The molecule has 110 valence electrons. The lowest BCUT2D eigenvalue weighted by molar-refractivity contribution is -0.133. The van der Waals surface area contributed by atoms with Gasteiger partial charge in [-0.2, -0.15) is 0 Å². The molecule has 0 saturated carbocycles. The molecule has 0 radical (unpaired) electrons. The van der Waals surface area contributed by atoms with Crippen LogP contribution in [0.5, 0.6) is 5.75 Å². The summed E-state index contributed by atoms with van der Waals surface area (Å²) in [6, 6.07) is 3.07. The Balaban J connectivity index is 2.66. The molecule has 1 aromatic rings. The van der Waals surface area contributed by atoms with E-state index in [0.29, 0.717) is 13.1 Å². The molecule has 20 heavy (non-hydrogen) atoms. The van der Waals surface area contributed by atoms with E-state index >= 15 is 0 Å². The van der Waals surface area contributed by atoms with E-state index in [1.807, 2.05) is 13.8 Å². The van der Waals surface area contributed by atoms with Crippen molar-refractivity contribution in [3.63, 3.8) is 0 Å². The van der Waals surface area contributed by atoms with Crippen molar-refractivity contribution in [1.29, 1.82) is 0 Å². The maximum atomic E-state index is 12.0. The molecular formula is C14H20N2O4. The summed E-state index contributed by atoms with van der Waals surface area (Å²) in [4.78, 5) is 28.4. The number of carbonyl (C=O) groups is 2. The van der Waals surface area contributed by atoms with Gasteiger partial charge in [-0.1, -0.05) is 13.8 Å². The van der Waals surface area contributed by atoms with E-state index in [9.17, 15) is 9.59 Å². The number of amides is 1. The summed E-state index contributed by atoms with van der Waals surface area (Å²) in [5.74, 6) is -1.21. The predicted octanol–water partition coefficient (Wildman–Crippen LogP) is 1.81. The van der Waals surface area contributed by atoms with Crippen LogP contribution >= 0.6 is 0 Å². The molecule has 1 heterocycles. The van der Waals surface area contributed by atoms with Gasteiger partial charge in [0.2, 0.25) is 0 Å². The number of ether oxygens (including phenoxy) is 1. The molecule has 0 fully saturated rings. The fourth-order valence-corrected chi connectivity index (χ4v) is 1.80. The molecule has 0 atom stereocenters. The Labute approximate surface area is 118 Å². The lowest BCUT2D eigenvalue weighted by atomic mass is 10.3. The number of pyridine rings is 1. The monoisotopic (exact) mass is 280 g/mol. The fourth-order valence-electron chi connectivity index (χ4n) is 1.80. The first kappa shape index (κ1) is 15.9. The van der Waals surface area contributed by atoms with E-state index in [4.69, 9.17) is 9.84 Å². The van der Waals surface area contributed by atoms with Crippen molar-refractivity contribution in [2.75, 3.05) is 19.7 Å². The first-order valence-electron chi connectivity index (χ1n) is 6.69. The van der Waals surface area contributed by atoms with Crippen molar-refractivity contribution in [2.45, 2.75) is 26.7 Å². The van der Waals surface area contributed by atoms with Crippen LogP contribution in [0.3, 0.4) is 0 Å². The van der Waals surface area contributed by atoms with Crippen LogP contribution in [0.4, 0.5) is 0 Å². The van der Waals surface area contributed by atoms with E-state index < -0.39 is 5.97 Å². The molecule has 0 aromatic carbocycles. The molecule has 1 rings (SSSR count). The third kappa shape index (κ3) is 4.53. The van der Waals surface area contributed by atoms with Gasteiger partial charge in [-0.05, 0) is 25.0 Å². The second-order valence-electron chi connectivity index (χ2n) is 4.32. The molecule has 0 bridgehead atoms. The number of aromatic carboxylic acids is 1. The van der Waals surface area contributed by atoms with Gasteiger partial charge in [-0.3, -0.25) is 4.79 Å². The van der Waals surface area contributed by atoms with E-state index in [0.717, 1.165) is 12.8 Å². The molecule has 0 aliphatic rings. The number of hydrogen-bond acceptors (Lipinski definition) is 4. The van der Waals surface area contributed by atoms with Crippen molar-refractivity contribution in [3.8, 4) is 5.75 Å². The molecule has 0 spiro atoms. The molecule has 0 aliphatic carbocycles. The summed E-state index contributed by atoms with van der Waals surface area (Å²) < 4.78 is 5.30. The van der Waals surface area contributed by atoms with Gasteiger partial charge in [-0.15, -0.1) is 0 Å². The molecule has 6 nitrogen and oxygen atoms in total. The summed E-state index contributed by atoms with van der Waals surface area (Å²) in [5, 5.41) is 8.97. The highest BCUT2D eigenvalue weighted by Crippen LogP contribution is 2.15. The maximum absolute atomic E-state index is 12.0. The molecule has 0 aliphatic heterocycles. The van der Waals surface area contributed by atoms with Gasteiger partial charge in [0.25, 0.3) is 5.91 Å². The van der Waals surface area contributed by atoms with Gasteiger partial charge >= 0.3 is 5.97 Å². The number of carbonyl (C=O) groups excluding carboxylic acids is 1. The first-order valence-corrected chi connectivity index (χ1v) is 6.69. The largest absolute Gasteiger partial charge is 0.481 e. The van der Waals surface area contributed by atoms with Crippen molar-refractivity contribution < 1.29 is 19.4 Å². The number of nitrogens with zero attached hydrogens (tertiary/aromatic N) is 2. The third-order valence-corrected chi connectivity index (χ3v) is 2.66. The highest BCUT2D eigenvalue weighted by molar-refractivity contribution is 5.88. The van der Waals surface area contributed by atoms with E-state index in [-0.39, 0.29) is 24.0 Å². The zero-order valence-electron chi connectivity index (χ0n) is 11.8. The highest BCUT2D eigenvalue weighted by Gasteiger charge is 2.16. The fraction of sp³-hybridized carbons (Fsp3) is 0.500. The smallest absolute Gasteiger partial charge is 0.358 e. The van der Waals surface area contributed by atoms with Crippen molar-refractivity contribution in [3.05, 3.63) is 24.0 Å². The van der Waals surface area contributed by atoms with Gasteiger partial charge in [-0.25, -0.2) is 9.78 Å². The quantitative estimate of drug-likeness (QED) is 0.785. The minimum absolute atomic E-state index is 0.112. The standard InChI is InChI=1S/C14H20N2O4/c1-3-8-16(9-4-2)12(17)10-20-11-6-5-7-15-13(11)14(18)19/h5-7H,3-4,8-10H2,1-2H3,(H,18,19). The lowest BCUT2D eigenvalue weighted by Crippen LogP contribution is -2.36. The van der Waals surface area contributed by atoms with Crippen LogP contribution in [0.15, 0.2) is 18.3 Å². The summed E-state index contributed by atoms with van der Waals surface area (Å²) in [5.41, 5.74) is -0.183.